The zero-order valence-electron chi connectivity index (χ0n) is 17.0. The molecule has 0 saturated carbocycles. The molecule has 2 aromatic heterocycles. The Morgan fingerprint density at radius 2 is 1.94 bits per heavy atom. The first-order valence-electron chi connectivity index (χ1n) is 9.95. The van der Waals surface area contributed by atoms with Crippen LogP contribution in [0.4, 0.5) is 0 Å². The second-order valence-electron chi connectivity index (χ2n) is 7.26. The van der Waals surface area contributed by atoms with Gasteiger partial charge in [0.05, 0.1) is 0 Å². The number of hydrogen-bond donors (Lipinski definition) is 1. The number of nitrogens with one attached hydrogen (secondary N) is 1. The fourth-order valence-electron chi connectivity index (χ4n) is 3.30. The molecule has 158 valence electrons. The number of benzene rings is 2. The van der Waals surface area contributed by atoms with Crippen LogP contribution in [0.25, 0.3) is 22.4 Å². The number of fused-ring (bicyclic) bond motifs is 1. The van der Waals surface area contributed by atoms with E-state index in [4.69, 9.17) is 16.1 Å². The first kappa shape index (κ1) is 20.8. The van der Waals surface area contributed by atoms with Gasteiger partial charge in [-0.25, -0.2) is 4.98 Å². The van der Waals surface area contributed by atoms with E-state index >= 15 is 0 Å². The predicted octanol–water partition coefficient (Wildman–Crippen LogP) is 3.76. The van der Waals surface area contributed by atoms with E-state index in [1.54, 1.807) is 0 Å². The minimum absolute atomic E-state index is 0.150. The average molecular weight is 437 g/mol. The fourth-order valence-corrected chi connectivity index (χ4v) is 3.53. The Hall–Kier alpha value is -3.45. The molecule has 7 nitrogen and oxygen atoms in total. The molecule has 1 N–H and O–H groups in total. The Balaban J connectivity index is 1.43. The molecule has 31 heavy (non-hydrogen) atoms. The Kier molecular flexibility index (Phi) is 6.13. The lowest BCUT2D eigenvalue weighted by Crippen LogP contribution is -2.29. The molecule has 2 aromatic carbocycles. The summed E-state index contributed by atoms with van der Waals surface area (Å²) in [6, 6.07) is 15.2. The Bertz CT molecular complexity index is 1280. The molecular formula is C23H21ClN4O3. The maximum Gasteiger partial charge on any atom is 0.266 e. The topological polar surface area (TPSA) is 90.0 Å². The molecule has 0 unspecified atom stereocenters. The van der Waals surface area contributed by atoms with Gasteiger partial charge in [-0.3, -0.25) is 14.2 Å². The van der Waals surface area contributed by atoms with Crippen LogP contribution in [-0.4, -0.2) is 27.2 Å². The number of rotatable bonds is 7. The van der Waals surface area contributed by atoms with E-state index in [-0.39, 0.29) is 30.1 Å². The number of carbonyl (C=O) groups is 1. The van der Waals surface area contributed by atoms with E-state index < -0.39 is 0 Å². The minimum Gasteiger partial charge on any atom is -0.356 e. The third kappa shape index (κ3) is 4.67. The summed E-state index contributed by atoms with van der Waals surface area (Å²) >= 11 is 6.13. The van der Waals surface area contributed by atoms with Gasteiger partial charge in [0.2, 0.25) is 5.91 Å². The molecule has 0 spiro atoms. The van der Waals surface area contributed by atoms with Gasteiger partial charge >= 0.3 is 0 Å². The number of nitrogens with zero attached hydrogens (tertiary/aromatic N) is 3. The van der Waals surface area contributed by atoms with Crippen LogP contribution >= 0.6 is 11.6 Å². The molecular weight excluding hydrogens is 416 g/mol. The number of halogens is 1. The van der Waals surface area contributed by atoms with Crippen molar-refractivity contribution in [3.05, 3.63) is 81.4 Å². The lowest BCUT2D eigenvalue weighted by molar-refractivity contribution is -0.121. The van der Waals surface area contributed by atoms with E-state index in [0.29, 0.717) is 29.1 Å². The summed E-state index contributed by atoms with van der Waals surface area (Å²) in [5.74, 6) is -0.150. The number of aryl methyl sites for hydroxylation is 2. The highest BCUT2D eigenvalue weighted by molar-refractivity contribution is 6.31. The van der Waals surface area contributed by atoms with E-state index in [1.807, 2.05) is 55.5 Å². The van der Waals surface area contributed by atoms with Crippen molar-refractivity contribution in [3.63, 3.8) is 0 Å². The Morgan fingerprint density at radius 3 is 2.71 bits per heavy atom. The van der Waals surface area contributed by atoms with Gasteiger partial charge < -0.3 is 9.84 Å². The van der Waals surface area contributed by atoms with Gasteiger partial charge in [0, 0.05) is 30.1 Å². The summed E-state index contributed by atoms with van der Waals surface area (Å²) in [6.45, 7) is 2.66. The molecule has 0 atom stereocenters. The second-order valence-corrected chi connectivity index (χ2v) is 7.67. The van der Waals surface area contributed by atoms with Crippen molar-refractivity contribution in [2.24, 2.45) is 0 Å². The maximum atomic E-state index is 13.0. The van der Waals surface area contributed by atoms with Crippen LogP contribution in [0.1, 0.15) is 17.5 Å². The summed E-state index contributed by atoms with van der Waals surface area (Å²) in [5, 5.41) is 7.88. The molecule has 0 saturated heterocycles. The summed E-state index contributed by atoms with van der Waals surface area (Å²) in [6.07, 6.45) is 2.17. The summed E-state index contributed by atoms with van der Waals surface area (Å²) in [7, 11) is 0. The molecule has 0 fully saturated rings. The molecule has 0 aliphatic carbocycles. The van der Waals surface area contributed by atoms with Crippen molar-refractivity contribution in [3.8, 4) is 11.3 Å². The van der Waals surface area contributed by atoms with Gasteiger partial charge in [0.25, 0.3) is 11.3 Å². The molecule has 1 amide bonds. The zero-order valence-corrected chi connectivity index (χ0v) is 17.7. The van der Waals surface area contributed by atoms with Gasteiger partial charge in [-0.05, 0) is 25.0 Å². The van der Waals surface area contributed by atoms with Gasteiger partial charge in [0.15, 0.2) is 0 Å². The van der Waals surface area contributed by atoms with Crippen molar-refractivity contribution in [2.75, 3.05) is 6.54 Å². The highest BCUT2D eigenvalue weighted by Gasteiger charge is 2.17. The Morgan fingerprint density at radius 1 is 1.16 bits per heavy atom. The first-order valence-corrected chi connectivity index (χ1v) is 10.3. The second kappa shape index (κ2) is 9.14. The monoisotopic (exact) mass is 436 g/mol. The Labute approximate surface area is 183 Å². The van der Waals surface area contributed by atoms with Crippen LogP contribution in [0.15, 0.2) is 64.2 Å². The molecule has 4 aromatic rings. The van der Waals surface area contributed by atoms with E-state index in [1.165, 1.54) is 10.9 Å². The highest BCUT2D eigenvalue weighted by Crippen LogP contribution is 2.24. The molecule has 0 radical (unpaired) electrons. The van der Waals surface area contributed by atoms with Crippen LogP contribution in [0.3, 0.4) is 0 Å². The third-order valence-electron chi connectivity index (χ3n) is 5.04. The maximum absolute atomic E-state index is 13.0. The van der Waals surface area contributed by atoms with Gasteiger partial charge in [0.1, 0.15) is 17.4 Å². The first-order chi connectivity index (χ1) is 15.0. The van der Waals surface area contributed by atoms with Gasteiger partial charge in [-0.15, -0.1) is 0 Å². The lowest BCUT2D eigenvalue weighted by atomic mass is 10.1. The number of amides is 1. The summed E-state index contributed by atoms with van der Waals surface area (Å²) < 4.78 is 6.64. The van der Waals surface area contributed by atoms with Crippen molar-refractivity contribution in [2.45, 2.75) is 26.3 Å². The van der Waals surface area contributed by atoms with Crippen LogP contribution in [-0.2, 0) is 17.8 Å². The normalized spacial score (nSPS) is 11.0. The SMILES string of the molecule is Cc1ccc(-c2noc3ncn(CCC(=O)NCCc4ccccc4Cl)c(=O)c23)cc1. The van der Waals surface area contributed by atoms with Crippen LogP contribution in [0.2, 0.25) is 5.02 Å². The minimum atomic E-state index is -0.286. The summed E-state index contributed by atoms with van der Waals surface area (Å²) in [4.78, 5) is 29.4. The third-order valence-corrected chi connectivity index (χ3v) is 5.41. The van der Waals surface area contributed by atoms with E-state index in [0.717, 1.165) is 16.7 Å². The van der Waals surface area contributed by atoms with E-state index in [9.17, 15) is 9.59 Å². The highest BCUT2D eigenvalue weighted by atomic mass is 35.5. The average Bonchev–Trinajstić information content (AvgIpc) is 3.20. The standard InChI is InChI=1S/C23H21ClN4O3/c1-15-6-8-17(9-7-15)21-20-22(31-27-21)26-14-28(23(20)30)13-11-19(29)25-12-10-16-4-2-3-5-18(16)24/h2-9,14H,10-13H2,1H3,(H,25,29). The van der Waals surface area contributed by atoms with Gasteiger partial charge in [-0.2, -0.15) is 0 Å². The zero-order chi connectivity index (χ0) is 21.8. The largest absolute Gasteiger partial charge is 0.356 e. The van der Waals surface area contributed by atoms with Crippen molar-refractivity contribution < 1.29 is 9.32 Å². The van der Waals surface area contributed by atoms with Crippen molar-refractivity contribution in [1.82, 2.24) is 20.0 Å². The number of hydrogen-bond acceptors (Lipinski definition) is 5. The van der Waals surface area contributed by atoms with Gasteiger partial charge in [-0.1, -0.05) is 64.8 Å². The molecule has 8 heteroatoms. The molecule has 0 aliphatic rings. The van der Waals surface area contributed by atoms with Crippen molar-refractivity contribution >= 4 is 28.6 Å². The van der Waals surface area contributed by atoms with Crippen LogP contribution in [0.5, 0.6) is 0 Å². The fraction of sp³-hybridized carbons (Fsp3) is 0.217. The quantitative estimate of drug-likeness (QED) is 0.476. The van der Waals surface area contributed by atoms with E-state index in [2.05, 4.69) is 15.5 Å². The smallest absolute Gasteiger partial charge is 0.266 e. The van der Waals surface area contributed by atoms with Crippen LogP contribution < -0.4 is 10.9 Å². The van der Waals surface area contributed by atoms with Crippen molar-refractivity contribution in [1.29, 1.82) is 0 Å². The predicted molar refractivity (Wildman–Crippen MR) is 119 cm³/mol. The number of carbonyl (C=O) groups excluding carboxylic acids is 1. The molecule has 4 rings (SSSR count). The summed E-state index contributed by atoms with van der Waals surface area (Å²) in [5.41, 5.74) is 3.20. The van der Waals surface area contributed by atoms with Crippen LogP contribution in [0, 0.1) is 6.92 Å². The lowest BCUT2D eigenvalue weighted by Gasteiger charge is -2.08. The molecule has 2 heterocycles. The molecule has 0 bridgehead atoms. The molecule has 0 aliphatic heterocycles. The number of aromatic nitrogens is 3.